The molecule has 104 valence electrons. The molecule has 0 atom stereocenters. The van der Waals surface area contributed by atoms with E-state index in [4.69, 9.17) is 5.73 Å². The number of hydrogen-bond donors (Lipinski definition) is 2. The molecular formula is C15H23N3O. The summed E-state index contributed by atoms with van der Waals surface area (Å²) in [6, 6.07) is 8.24. The summed E-state index contributed by atoms with van der Waals surface area (Å²) in [5, 5.41) is 3.08. The maximum Gasteiger partial charge on any atom is 0.318 e. The van der Waals surface area contributed by atoms with Gasteiger partial charge in [0.25, 0.3) is 0 Å². The predicted molar refractivity (Wildman–Crippen MR) is 77.7 cm³/mol. The predicted octanol–water partition coefficient (Wildman–Crippen LogP) is 2.74. The first-order valence-electron chi connectivity index (χ1n) is 6.98. The van der Waals surface area contributed by atoms with Gasteiger partial charge in [0, 0.05) is 24.3 Å². The number of urea groups is 1. The van der Waals surface area contributed by atoms with Crippen molar-refractivity contribution in [2.24, 2.45) is 0 Å². The number of hydrogen-bond acceptors (Lipinski definition) is 2. The van der Waals surface area contributed by atoms with Crippen LogP contribution < -0.4 is 11.1 Å². The molecule has 0 saturated heterocycles. The zero-order chi connectivity index (χ0) is 13.8. The van der Waals surface area contributed by atoms with Crippen molar-refractivity contribution in [1.82, 2.24) is 10.2 Å². The van der Waals surface area contributed by atoms with Crippen molar-refractivity contribution in [2.45, 2.75) is 51.7 Å². The number of carbonyl (C=O) groups excluding carboxylic acids is 1. The number of nitrogens with two attached hydrogens (primary N) is 1. The number of benzene rings is 1. The van der Waals surface area contributed by atoms with Gasteiger partial charge in [-0.3, -0.25) is 0 Å². The molecule has 2 amide bonds. The number of anilines is 1. The Morgan fingerprint density at radius 2 is 2.11 bits per heavy atom. The molecule has 0 bridgehead atoms. The average Bonchev–Trinajstić information content (AvgIpc) is 2.32. The van der Waals surface area contributed by atoms with Crippen LogP contribution in [-0.2, 0) is 6.54 Å². The van der Waals surface area contributed by atoms with Crippen molar-refractivity contribution >= 4 is 11.7 Å². The lowest BCUT2D eigenvalue weighted by Gasteiger charge is -2.33. The van der Waals surface area contributed by atoms with Crippen LogP contribution in [0, 0.1) is 0 Å². The fourth-order valence-electron chi connectivity index (χ4n) is 2.16. The van der Waals surface area contributed by atoms with E-state index in [2.05, 4.69) is 5.32 Å². The fourth-order valence-corrected chi connectivity index (χ4v) is 2.16. The summed E-state index contributed by atoms with van der Waals surface area (Å²) >= 11 is 0. The number of nitrogens with one attached hydrogen (secondary N) is 1. The maximum absolute atomic E-state index is 12.3. The molecule has 1 saturated carbocycles. The minimum Gasteiger partial charge on any atom is -0.398 e. The Hall–Kier alpha value is -1.71. The van der Waals surface area contributed by atoms with Gasteiger partial charge in [-0.25, -0.2) is 4.79 Å². The molecule has 1 aromatic rings. The van der Waals surface area contributed by atoms with Gasteiger partial charge in [0.2, 0.25) is 0 Å². The SMILES string of the molecule is CC(C)N(Cc1ccccc1N)C(=O)NC1CCC1. The van der Waals surface area contributed by atoms with Crippen LogP contribution in [0.1, 0.15) is 38.7 Å². The van der Waals surface area contributed by atoms with E-state index in [0.29, 0.717) is 12.6 Å². The lowest BCUT2D eigenvalue weighted by atomic mass is 9.93. The topological polar surface area (TPSA) is 58.4 Å². The van der Waals surface area contributed by atoms with Crippen molar-refractivity contribution in [1.29, 1.82) is 0 Å². The minimum absolute atomic E-state index is 0.0166. The highest BCUT2D eigenvalue weighted by atomic mass is 16.2. The summed E-state index contributed by atoms with van der Waals surface area (Å²) in [5.74, 6) is 0. The number of nitrogens with zero attached hydrogens (tertiary/aromatic N) is 1. The van der Waals surface area contributed by atoms with Crippen molar-refractivity contribution < 1.29 is 4.79 Å². The average molecular weight is 261 g/mol. The lowest BCUT2D eigenvalue weighted by Crippen LogP contribution is -2.49. The van der Waals surface area contributed by atoms with Gasteiger partial charge < -0.3 is 16.0 Å². The second kappa shape index (κ2) is 5.95. The van der Waals surface area contributed by atoms with Crippen LogP contribution in [0.3, 0.4) is 0 Å². The molecule has 1 aliphatic carbocycles. The maximum atomic E-state index is 12.3. The number of rotatable bonds is 4. The monoisotopic (exact) mass is 261 g/mol. The third-order valence-corrected chi connectivity index (χ3v) is 3.71. The summed E-state index contributed by atoms with van der Waals surface area (Å²) < 4.78 is 0. The third kappa shape index (κ3) is 3.40. The van der Waals surface area contributed by atoms with Crippen LogP contribution in [0.5, 0.6) is 0 Å². The Morgan fingerprint density at radius 1 is 1.42 bits per heavy atom. The second-order valence-electron chi connectivity index (χ2n) is 5.50. The van der Waals surface area contributed by atoms with Crippen LogP contribution in [0.4, 0.5) is 10.5 Å². The van der Waals surface area contributed by atoms with Gasteiger partial charge in [-0.05, 0) is 44.7 Å². The Kier molecular flexibility index (Phi) is 4.30. The molecule has 4 nitrogen and oxygen atoms in total. The fraction of sp³-hybridized carbons (Fsp3) is 0.533. The number of amides is 2. The largest absolute Gasteiger partial charge is 0.398 e. The van der Waals surface area contributed by atoms with E-state index in [9.17, 15) is 4.79 Å². The Bertz CT molecular complexity index is 441. The van der Waals surface area contributed by atoms with Crippen molar-refractivity contribution in [3.63, 3.8) is 0 Å². The van der Waals surface area contributed by atoms with E-state index in [0.717, 1.165) is 24.1 Å². The Morgan fingerprint density at radius 3 is 2.63 bits per heavy atom. The summed E-state index contributed by atoms with van der Waals surface area (Å²) in [4.78, 5) is 14.1. The van der Waals surface area contributed by atoms with Crippen molar-refractivity contribution in [3.05, 3.63) is 29.8 Å². The smallest absolute Gasteiger partial charge is 0.318 e. The molecule has 1 aliphatic rings. The Labute approximate surface area is 115 Å². The number of para-hydroxylation sites is 1. The molecule has 0 unspecified atom stereocenters. The summed E-state index contributed by atoms with van der Waals surface area (Å²) in [5.41, 5.74) is 7.69. The molecule has 0 heterocycles. The van der Waals surface area contributed by atoms with Crippen LogP contribution in [0.2, 0.25) is 0 Å². The van der Waals surface area contributed by atoms with Crippen LogP contribution >= 0.6 is 0 Å². The molecular weight excluding hydrogens is 238 g/mol. The van der Waals surface area contributed by atoms with Crippen molar-refractivity contribution in [3.8, 4) is 0 Å². The van der Waals surface area contributed by atoms with E-state index in [1.54, 1.807) is 0 Å². The molecule has 0 spiro atoms. The zero-order valence-electron chi connectivity index (χ0n) is 11.7. The number of carbonyl (C=O) groups is 1. The molecule has 4 heteroatoms. The van der Waals surface area contributed by atoms with Gasteiger partial charge in [-0.1, -0.05) is 18.2 Å². The van der Waals surface area contributed by atoms with Crippen LogP contribution in [0.25, 0.3) is 0 Å². The van der Waals surface area contributed by atoms with Crippen molar-refractivity contribution in [2.75, 3.05) is 5.73 Å². The van der Waals surface area contributed by atoms with E-state index in [1.807, 2.05) is 43.0 Å². The number of nitrogen functional groups attached to an aromatic ring is 1. The summed E-state index contributed by atoms with van der Waals surface area (Å²) in [7, 11) is 0. The summed E-state index contributed by atoms with van der Waals surface area (Å²) in [6.45, 7) is 4.61. The highest BCUT2D eigenvalue weighted by Crippen LogP contribution is 2.20. The van der Waals surface area contributed by atoms with Gasteiger partial charge >= 0.3 is 6.03 Å². The van der Waals surface area contributed by atoms with E-state index in [-0.39, 0.29) is 12.1 Å². The van der Waals surface area contributed by atoms with Crippen LogP contribution in [-0.4, -0.2) is 23.0 Å². The van der Waals surface area contributed by atoms with Gasteiger partial charge in [0.1, 0.15) is 0 Å². The van der Waals surface area contributed by atoms with E-state index in [1.165, 1.54) is 6.42 Å². The molecule has 1 aromatic carbocycles. The highest BCUT2D eigenvalue weighted by Gasteiger charge is 2.24. The molecule has 3 N–H and O–H groups in total. The minimum atomic E-state index is 0.0166. The quantitative estimate of drug-likeness (QED) is 0.819. The molecule has 19 heavy (non-hydrogen) atoms. The van der Waals surface area contributed by atoms with E-state index < -0.39 is 0 Å². The molecule has 0 radical (unpaired) electrons. The van der Waals surface area contributed by atoms with Gasteiger partial charge in [-0.2, -0.15) is 0 Å². The molecule has 1 fully saturated rings. The normalized spacial score (nSPS) is 15.1. The molecule has 0 aliphatic heterocycles. The van der Waals surface area contributed by atoms with Gasteiger partial charge in [-0.15, -0.1) is 0 Å². The highest BCUT2D eigenvalue weighted by molar-refractivity contribution is 5.75. The first-order valence-corrected chi connectivity index (χ1v) is 6.98. The third-order valence-electron chi connectivity index (χ3n) is 3.71. The first-order chi connectivity index (χ1) is 9.08. The van der Waals surface area contributed by atoms with Crippen LogP contribution in [0.15, 0.2) is 24.3 Å². The van der Waals surface area contributed by atoms with E-state index >= 15 is 0 Å². The Balaban J connectivity index is 2.03. The molecule has 0 aromatic heterocycles. The zero-order valence-corrected chi connectivity index (χ0v) is 11.7. The van der Waals surface area contributed by atoms with Gasteiger partial charge in [0.15, 0.2) is 0 Å². The summed E-state index contributed by atoms with van der Waals surface area (Å²) in [6.07, 6.45) is 3.43. The second-order valence-corrected chi connectivity index (χ2v) is 5.50. The lowest BCUT2D eigenvalue weighted by molar-refractivity contribution is 0.169. The molecule has 2 rings (SSSR count). The van der Waals surface area contributed by atoms with Gasteiger partial charge in [0.05, 0.1) is 0 Å². The first kappa shape index (κ1) is 13.7. The standard InChI is InChI=1S/C15H23N3O/c1-11(2)18(15(19)17-13-7-5-8-13)10-12-6-3-4-9-14(12)16/h3-4,6,9,11,13H,5,7-8,10,16H2,1-2H3,(H,17,19).